The van der Waals surface area contributed by atoms with Crippen LogP contribution in [0.1, 0.15) is 15.9 Å². The van der Waals surface area contributed by atoms with Gasteiger partial charge in [-0.15, -0.1) is 0 Å². The van der Waals surface area contributed by atoms with Crippen LogP contribution in [0.15, 0.2) is 24.3 Å². The molecule has 0 radical (unpaired) electrons. The molecule has 0 unspecified atom stereocenters. The Morgan fingerprint density at radius 2 is 1.12 bits per heavy atom. The van der Waals surface area contributed by atoms with Crippen molar-refractivity contribution in [3.63, 3.8) is 0 Å². The zero-order valence-corrected chi connectivity index (χ0v) is 15.7. The van der Waals surface area contributed by atoms with E-state index in [9.17, 15) is 4.79 Å². The van der Waals surface area contributed by atoms with Gasteiger partial charge in [-0.3, -0.25) is 4.79 Å². The molecular formula is C19H22O7. The van der Waals surface area contributed by atoms with E-state index < -0.39 is 5.78 Å². The Balaban J connectivity index is 2.82. The third kappa shape index (κ3) is 3.20. The predicted octanol–water partition coefficient (Wildman–Crippen LogP) is 2.97. The maximum Gasteiger partial charge on any atom is 0.208 e. The summed E-state index contributed by atoms with van der Waals surface area (Å²) in [5, 5.41) is 0. The molecule has 2 aromatic rings. The van der Waals surface area contributed by atoms with Crippen LogP contribution in [0, 0.1) is 0 Å². The van der Waals surface area contributed by atoms with E-state index in [1.54, 1.807) is 24.3 Å². The van der Waals surface area contributed by atoms with Gasteiger partial charge in [-0.25, -0.2) is 0 Å². The zero-order chi connectivity index (χ0) is 19.3. The molecule has 0 N–H and O–H groups in total. The molecule has 0 fully saturated rings. The molecule has 7 nitrogen and oxygen atoms in total. The van der Waals surface area contributed by atoms with Crippen molar-refractivity contribution in [3.05, 3.63) is 35.4 Å². The second-order valence-corrected chi connectivity index (χ2v) is 5.09. The normalized spacial score (nSPS) is 10.1. The van der Waals surface area contributed by atoms with Gasteiger partial charge in [-0.05, 0) is 12.1 Å². The quantitative estimate of drug-likeness (QED) is 0.669. The molecule has 0 amide bonds. The van der Waals surface area contributed by atoms with Crippen molar-refractivity contribution in [1.82, 2.24) is 0 Å². The van der Waals surface area contributed by atoms with Gasteiger partial charge in [0.25, 0.3) is 0 Å². The molecule has 26 heavy (non-hydrogen) atoms. The number of hydrogen-bond acceptors (Lipinski definition) is 7. The fourth-order valence-corrected chi connectivity index (χ4v) is 2.71. The minimum Gasteiger partial charge on any atom is -0.496 e. The van der Waals surface area contributed by atoms with Gasteiger partial charge in [-0.1, -0.05) is 6.07 Å². The van der Waals surface area contributed by atoms with Gasteiger partial charge in [0.2, 0.25) is 11.5 Å². The van der Waals surface area contributed by atoms with Crippen LogP contribution in [0.4, 0.5) is 0 Å². The van der Waals surface area contributed by atoms with Crippen molar-refractivity contribution in [2.24, 2.45) is 0 Å². The van der Waals surface area contributed by atoms with E-state index in [2.05, 4.69) is 0 Å². The highest BCUT2D eigenvalue weighted by molar-refractivity contribution is 6.16. The lowest BCUT2D eigenvalue weighted by Crippen LogP contribution is -2.11. The molecule has 140 valence electrons. The summed E-state index contributed by atoms with van der Waals surface area (Å²) < 4.78 is 32.2. The van der Waals surface area contributed by atoms with E-state index in [0.717, 1.165) is 0 Å². The number of methoxy groups -OCH3 is 6. The van der Waals surface area contributed by atoms with Crippen molar-refractivity contribution < 1.29 is 33.2 Å². The van der Waals surface area contributed by atoms with Gasteiger partial charge in [0.05, 0.1) is 42.7 Å². The largest absolute Gasteiger partial charge is 0.496 e. The molecule has 0 spiro atoms. The maximum atomic E-state index is 13.4. The molecule has 0 aromatic heterocycles. The van der Waals surface area contributed by atoms with Crippen LogP contribution < -0.4 is 28.4 Å². The lowest BCUT2D eigenvalue weighted by molar-refractivity contribution is 0.102. The highest BCUT2D eigenvalue weighted by Crippen LogP contribution is 2.47. The molecular weight excluding hydrogens is 340 g/mol. The molecule has 0 bridgehead atoms. The first-order valence-corrected chi connectivity index (χ1v) is 7.70. The summed E-state index contributed by atoms with van der Waals surface area (Å²) in [4.78, 5) is 13.4. The maximum absolute atomic E-state index is 13.4. The monoisotopic (exact) mass is 362 g/mol. The van der Waals surface area contributed by atoms with Gasteiger partial charge in [0, 0.05) is 6.07 Å². The van der Waals surface area contributed by atoms with Crippen LogP contribution in [-0.2, 0) is 0 Å². The summed E-state index contributed by atoms with van der Waals surface area (Å²) in [6.07, 6.45) is 0. The van der Waals surface area contributed by atoms with Gasteiger partial charge in [0.15, 0.2) is 11.5 Å². The smallest absolute Gasteiger partial charge is 0.208 e. The number of benzene rings is 2. The Hall–Kier alpha value is -3.09. The third-order valence-corrected chi connectivity index (χ3v) is 3.90. The van der Waals surface area contributed by atoms with Gasteiger partial charge < -0.3 is 28.4 Å². The van der Waals surface area contributed by atoms with Crippen LogP contribution in [0.2, 0.25) is 0 Å². The van der Waals surface area contributed by atoms with Crippen molar-refractivity contribution in [2.45, 2.75) is 0 Å². The van der Waals surface area contributed by atoms with E-state index in [0.29, 0.717) is 17.2 Å². The van der Waals surface area contributed by atoms with Gasteiger partial charge in [-0.2, -0.15) is 0 Å². The van der Waals surface area contributed by atoms with E-state index in [4.69, 9.17) is 28.4 Å². The van der Waals surface area contributed by atoms with Crippen molar-refractivity contribution in [1.29, 1.82) is 0 Å². The lowest BCUT2D eigenvalue weighted by Gasteiger charge is -2.19. The van der Waals surface area contributed by atoms with Crippen LogP contribution in [0.5, 0.6) is 34.5 Å². The molecule has 2 rings (SSSR count). The first-order chi connectivity index (χ1) is 12.6. The van der Waals surface area contributed by atoms with Crippen molar-refractivity contribution >= 4 is 5.78 Å². The fraction of sp³-hybridized carbons (Fsp3) is 0.316. The lowest BCUT2D eigenvalue weighted by atomic mass is 9.98. The van der Waals surface area contributed by atoms with E-state index in [1.807, 2.05) is 0 Å². The standard InChI is InChI=1S/C19H22O7/c1-21-11-8-7-9-12(22-2)15(11)17(20)16-13(23-3)10-14(24-4)18(25-5)19(16)26-6/h7-10H,1-6H3. The number of ketones is 1. The Morgan fingerprint density at radius 3 is 1.54 bits per heavy atom. The average Bonchev–Trinajstić information content (AvgIpc) is 2.70. The minimum atomic E-state index is -0.394. The molecule has 0 saturated heterocycles. The molecule has 0 atom stereocenters. The Bertz CT molecular complexity index is 777. The summed E-state index contributed by atoms with van der Waals surface area (Å²) >= 11 is 0. The Morgan fingerprint density at radius 1 is 0.615 bits per heavy atom. The van der Waals surface area contributed by atoms with E-state index >= 15 is 0 Å². The van der Waals surface area contributed by atoms with Crippen LogP contribution in [0.25, 0.3) is 0 Å². The summed E-state index contributed by atoms with van der Waals surface area (Å²) in [5.41, 5.74) is 0.428. The first-order valence-electron chi connectivity index (χ1n) is 7.70. The highest BCUT2D eigenvalue weighted by Gasteiger charge is 2.30. The van der Waals surface area contributed by atoms with Crippen LogP contribution >= 0.6 is 0 Å². The first kappa shape index (κ1) is 19.2. The molecule has 0 saturated carbocycles. The molecule has 0 aliphatic rings. The number of rotatable bonds is 8. The molecule has 0 heterocycles. The van der Waals surface area contributed by atoms with E-state index in [1.165, 1.54) is 42.7 Å². The van der Waals surface area contributed by atoms with Crippen molar-refractivity contribution in [2.75, 3.05) is 42.7 Å². The summed E-state index contributed by atoms with van der Waals surface area (Å²) in [7, 11) is 8.80. The topological polar surface area (TPSA) is 72.5 Å². The van der Waals surface area contributed by atoms with Crippen LogP contribution in [0.3, 0.4) is 0 Å². The number of carbonyl (C=O) groups is 1. The molecule has 0 aliphatic heterocycles. The van der Waals surface area contributed by atoms with Gasteiger partial charge in [0.1, 0.15) is 28.4 Å². The van der Waals surface area contributed by atoms with Crippen LogP contribution in [-0.4, -0.2) is 48.4 Å². The Labute approximate surface area is 152 Å². The third-order valence-electron chi connectivity index (χ3n) is 3.90. The number of hydrogen-bond donors (Lipinski definition) is 0. The Kier molecular flexibility index (Phi) is 6.16. The molecule has 2 aromatic carbocycles. The van der Waals surface area contributed by atoms with Gasteiger partial charge >= 0.3 is 0 Å². The second-order valence-electron chi connectivity index (χ2n) is 5.09. The zero-order valence-electron chi connectivity index (χ0n) is 15.7. The SMILES string of the molecule is COc1cc(OC)c(C(=O)c2c(OC)cccc2OC)c(OC)c1OC. The predicted molar refractivity (Wildman–Crippen MR) is 95.6 cm³/mol. The molecule has 7 heteroatoms. The highest BCUT2D eigenvalue weighted by atomic mass is 16.5. The minimum absolute atomic E-state index is 0.176. The summed E-state index contributed by atoms with van der Waals surface area (Å²) in [6.45, 7) is 0. The number of ether oxygens (including phenoxy) is 6. The van der Waals surface area contributed by atoms with Crippen molar-refractivity contribution in [3.8, 4) is 34.5 Å². The average molecular weight is 362 g/mol. The summed E-state index contributed by atoms with van der Waals surface area (Å²) in [5.74, 6) is 1.48. The fourth-order valence-electron chi connectivity index (χ4n) is 2.71. The number of carbonyl (C=O) groups excluding carboxylic acids is 1. The van der Waals surface area contributed by atoms with E-state index in [-0.39, 0.29) is 28.4 Å². The molecule has 0 aliphatic carbocycles. The second kappa shape index (κ2) is 8.33. The summed E-state index contributed by atoms with van der Waals surface area (Å²) in [6, 6.07) is 6.65.